The van der Waals surface area contributed by atoms with Gasteiger partial charge in [-0.15, -0.1) is 0 Å². The van der Waals surface area contributed by atoms with Crippen molar-refractivity contribution in [2.24, 2.45) is 0 Å². The minimum atomic E-state index is -0.668. The van der Waals surface area contributed by atoms with Gasteiger partial charge in [-0.3, -0.25) is 28.8 Å². The third-order valence-corrected chi connectivity index (χ3v) is 3.34. The van der Waals surface area contributed by atoms with Gasteiger partial charge < -0.3 is 9.47 Å². The molecule has 0 spiro atoms. The Hall–Kier alpha value is -2.38. The Labute approximate surface area is 146 Å². The van der Waals surface area contributed by atoms with Gasteiger partial charge in [-0.2, -0.15) is 0 Å². The average molecular weight is 356 g/mol. The van der Waals surface area contributed by atoms with Crippen LogP contribution in [-0.2, 0) is 38.2 Å². The number of ketones is 4. The normalized spacial score (nSPS) is 10.0. The molecule has 0 aliphatic heterocycles. The highest BCUT2D eigenvalue weighted by Gasteiger charge is 2.15. The number of hydrogen-bond donors (Lipinski definition) is 0. The first kappa shape index (κ1) is 22.6. The number of carbonyl (C=O) groups is 6. The lowest BCUT2D eigenvalue weighted by atomic mass is 10.0. The first-order valence-corrected chi connectivity index (χ1v) is 7.99. The van der Waals surface area contributed by atoms with Crippen molar-refractivity contribution in [3.05, 3.63) is 0 Å². The smallest absolute Gasteiger partial charge is 0.313 e. The van der Waals surface area contributed by atoms with Crippen LogP contribution >= 0.6 is 0 Å². The van der Waals surface area contributed by atoms with E-state index >= 15 is 0 Å². The SMILES string of the molecule is COC(=O)CC(=O)CC(=O)CCCCCC(=O)CC(=O)CC(=O)OC. The first-order chi connectivity index (χ1) is 11.8. The van der Waals surface area contributed by atoms with E-state index in [1.54, 1.807) is 0 Å². The number of methoxy groups -OCH3 is 2. The Balaban J connectivity index is 3.77. The summed E-state index contributed by atoms with van der Waals surface area (Å²) >= 11 is 0. The molecule has 0 bridgehead atoms. The molecular formula is C17H24O8. The van der Waals surface area contributed by atoms with Crippen LogP contribution in [0.2, 0.25) is 0 Å². The molecule has 0 atom stereocenters. The summed E-state index contributed by atoms with van der Waals surface area (Å²) in [6.07, 6.45) is 0.638. The lowest BCUT2D eigenvalue weighted by molar-refractivity contribution is -0.145. The fraction of sp³-hybridized carbons (Fsp3) is 0.647. The molecule has 0 aromatic heterocycles. The van der Waals surface area contributed by atoms with Crippen LogP contribution in [0.5, 0.6) is 0 Å². The Morgan fingerprint density at radius 1 is 0.520 bits per heavy atom. The predicted octanol–water partition coefficient (Wildman–Crippen LogP) is 1.12. The molecule has 0 unspecified atom stereocenters. The maximum Gasteiger partial charge on any atom is 0.313 e. The van der Waals surface area contributed by atoms with Crippen molar-refractivity contribution in [1.29, 1.82) is 0 Å². The summed E-state index contributed by atoms with van der Waals surface area (Å²) in [6.45, 7) is 0. The number of esters is 2. The van der Waals surface area contributed by atoms with Crippen molar-refractivity contribution in [2.75, 3.05) is 14.2 Å². The summed E-state index contributed by atoms with van der Waals surface area (Å²) in [7, 11) is 2.34. The molecular weight excluding hydrogens is 332 g/mol. The zero-order chi connectivity index (χ0) is 19.2. The molecule has 0 amide bonds. The minimum absolute atomic E-state index is 0.197. The Morgan fingerprint density at radius 3 is 1.20 bits per heavy atom. The molecule has 0 saturated carbocycles. The second kappa shape index (κ2) is 13.0. The molecule has 0 fully saturated rings. The van der Waals surface area contributed by atoms with Gasteiger partial charge in [-0.05, 0) is 12.8 Å². The van der Waals surface area contributed by atoms with Crippen molar-refractivity contribution in [1.82, 2.24) is 0 Å². The molecule has 0 N–H and O–H groups in total. The highest BCUT2D eigenvalue weighted by atomic mass is 16.5. The predicted molar refractivity (Wildman–Crippen MR) is 85.6 cm³/mol. The van der Waals surface area contributed by atoms with Gasteiger partial charge in [0, 0.05) is 12.8 Å². The van der Waals surface area contributed by atoms with Gasteiger partial charge in [0.15, 0.2) is 11.6 Å². The van der Waals surface area contributed by atoms with Crippen LogP contribution in [0.1, 0.15) is 57.8 Å². The molecule has 0 aromatic carbocycles. The van der Waals surface area contributed by atoms with Crippen LogP contribution in [0, 0.1) is 0 Å². The molecule has 0 aliphatic rings. The van der Waals surface area contributed by atoms with E-state index in [-0.39, 0.29) is 37.2 Å². The largest absolute Gasteiger partial charge is 0.469 e. The molecule has 8 heteroatoms. The zero-order valence-corrected chi connectivity index (χ0v) is 14.6. The van der Waals surface area contributed by atoms with E-state index in [0.717, 1.165) is 0 Å². The summed E-state index contributed by atoms with van der Waals surface area (Å²) in [5.74, 6) is -2.80. The second-order valence-electron chi connectivity index (χ2n) is 5.57. The highest BCUT2D eigenvalue weighted by Crippen LogP contribution is 2.08. The van der Waals surface area contributed by atoms with Gasteiger partial charge in [0.25, 0.3) is 0 Å². The molecule has 0 rings (SSSR count). The van der Waals surface area contributed by atoms with Gasteiger partial charge in [0.05, 0.1) is 27.1 Å². The topological polar surface area (TPSA) is 121 Å². The average Bonchev–Trinajstić information content (AvgIpc) is 2.53. The van der Waals surface area contributed by atoms with E-state index in [4.69, 9.17) is 0 Å². The number of rotatable bonds is 14. The molecule has 8 nitrogen and oxygen atoms in total. The molecule has 0 aromatic rings. The van der Waals surface area contributed by atoms with Crippen molar-refractivity contribution in [2.45, 2.75) is 57.8 Å². The van der Waals surface area contributed by atoms with E-state index < -0.39 is 36.3 Å². The van der Waals surface area contributed by atoms with Crippen LogP contribution in [0.4, 0.5) is 0 Å². The maximum absolute atomic E-state index is 11.6. The van der Waals surface area contributed by atoms with Gasteiger partial charge in [-0.25, -0.2) is 0 Å². The summed E-state index contributed by atoms with van der Waals surface area (Å²) in [5.41, 5.74) is 0. The van der Waals surface area contributed by atoms with E-state index in [1.807, 2.05) is 0 Å². The summed E-state index contributed by atoms with van der Waals surface area (Å²) < 4.78 is 8.68. The fourth-order valence-corrected chi connectivity index (χ4v) is 2.03. The van der Waals surface area contributed by atoms with Crippen molar-refractivity contribution in [3.8, 4) is 0 Å². The summed E-state index contributed by atoms with van der Waals surface area (Å²) in [6, 6.07) is 0. The van der Waals surface area contributed by atoms with E-state index in [1.165, 1.54) is 14.2 Å². The van der Waals surface area contributed by atoms with Gasteiger partial charge in [0.1, 0.15) is 24.4 Å². The molecule has 0 heterocycles. The number of Topliss-reactive ketones (excluding diaryl/α,β-unsaturated/α-hetero) is 4. The van der Waals surface area contributed by atoms with Crippen molar-refractivity contribution < 1.29 is 38.2 Å². The van der Waals surface area contributed by atoms with Crippen LogP contribution in [0.15, 0.2) is 0 Å². The van der Waals surface area contributed by atoms with Gasteiger partial charge in [-0.1, -0.05) is 6.42 Å². The summed E-state index contributed by atoms with van der Waals surface area (Å²) in [4.78, 5) is 67.6. The van der Waals surface area contributed by atoms with Crippen molar-refractivity contribution in [3.63, 3.8) is 0 Å². The number of hydrogen-bond acceptors (Lipinski definition) is 8. The second-order valence-corrected chi connectivity index (χ2v) is 5.57. The highest BCUT2D eigenvalue weighted by molar-refractivity contribution is 6.06. The van der Waals surface area contributed by atoms with Crippen molar-refractivity contribution >= 4 is 35.1 Å². The van der Waals surface area contributed by atoms with Crippen LogP contribution in [0.25, 0.3) is 0 Å². The van der Waals surface area contributed by atoms with Crippen LogP contribution < -0.4 is 0 Å². The lowest BCUT2D eigenvalue weighted by Gasteiger charge is -2.02. The minimum Gasteiger partial charge on any atom is -0.469 e. The Morgan fingerprint density at radius 2 is 0.880 bits per heavy atom. The molecule has 0 radical (unpaired) electrons. The number of carbonyl (C=O) groups excluding carboxylic acids is 6. The monoisotopic (exact) mass is 356 g/mol. The fourth-order valence-electron chi connectivity index (χ4n) is 2.03. The van der Waals surface area contributed by atoms with E-state index in [0.29, 0.717) is 19.3 Å². The Bertz CT molecular complexity index is 475. The van der Waals surface area contributed by atoms with Crippen LogP contribution in [-0.4, -0.2) is 49.3 Å². The first-order valence-electron chi connectivity index (χ1n) is 7.99. The maximum atomic E-state index is 11.6. The van der Waals surface area contributed by atoms with Gasteiger partial charge >= 0.3 is 11.9 Å². The van der Waals surface area contributed by atoms with Gasteiger partial charge in [0.2, 0.25) is 0 Å². The number of unbranched alkanes of at least 4 members (excludes halogenated alkanes) is 2. The molecule has 0 aliphatic carbocycles. The quantitative estimate of drug-likeness (QED) is 0.258. The third-order valence-electron chi connectivity index (χ3n) is 3.34. The third kappa shape index (κ3) is 12.7. The Kier molecular flexibility index (Phi) is 11.7. The van der Waals surface area contributed by atoms with E-state index in [2.05, 4.69) is 9.47 Å². The van der Waals surface area contributed by atoms with Crippen LogP contribution in [0.3, 0.4) is 0 Å². The number of ether oxygens (including phenoxy) is 2. The zero-order valence-electron chi connectivity index (χ0n) is 14.6. The summed E-state index contributed by atoms with van der Waals surface area (Å²) in [5, 5.41) is 0. The standard InChI is InChI=1S/C17H24O8/c1-24-16(22)10-14(20)8-12(18)6-4-3-5-7-13(19)9-15(21)11-17(23)25-2/h3-11H2,1-2H3. The molecule has 25 heavy (non-hydrogen) atoms. The van der Waals surface area contributed by atoms with E-state index in [9.17, 15) is 28.8 Å². The molecule has 140 valence electrons. The lowest BCUT2D eigenvalue weighted by Crippen LogP contribution is -2.14. The molecule has 0 saturated heterocycles.